The molecule has 0 saturated heterocycles. The summed E-state index contributed by atoms with van der Waals surface area (Å²) in [6.45, 7) is 1.68. The van der Waals surface area contributed by atoms with Crippen molar-refractivity contribution in [2.75, 3.05) is 21.3 Å². The van der Waals surface area contributed by atoms with E-state index in [2.05, 4.69) is 20.6 Å². The van der Waals surface area contributed by atoms with Crippen LogP contribution < -0.4 is 24.8 Å². The number of nitrogens with one attached hydrogen (secondary N) is 2. The van der Waals surface area contributed by atoms with Crippen LogP contribution in [-0.2, 0) is 19.7 Å². The number of benzene rings is 2. The Bertz CT molecular complexity index is 1000. The lowest BCUT2D eigenvalue weighted by molar-refractivity contribution is 0.293. The summed E-state index contributed by atoms with van der Waals surface area (Å²) < 4.78 is 16.4. The van der Waals surface area contributed by atoms with E-state index in [9.17, 15) is 0 Å². The van der Waals surface area contributed by atoms with Crippen LogP contribution in [0.1, 0.15) is 16.7 Å². The summed E-state index contributed by atoms with van der Waals surface area (Å²) in [7, 11) is 4.99. The summed E-state index contributed by atoms with van der Waals surface area (Å²) in [4.78, 5) is 8.57. The SMILES string of the molecule is CN=C(NCc1ccnc(OCc2ccccc2)c1)NCc1ccc(OC)c(OC)c1.I. The molecule has 0 saturated carbocycles. The van der Waals surface area contributed by atoms with Crippen molar-refractivity contribution in [3.05, 3.63) is 83.6 Å². The lowest BCUT2D eigenvalue weighted by Gasteiger charge is -2.14. The molecule has 0 radical (unpaired) electrons. The minimum absolute atomic E-state index is 0. The van der Waals surface area contributed by atoms with E-state index in [0.29, 0.717) is 43.0 Å². The molecule has 0 atom stereocenters. The van der Waals surface area contributed by atoms with E-state index in [1.165, 1.54) is 0 Å². The number of nitrogens with zero attached hydrogens (tertiary/aromatic N) is 2. The number of hydrogen-bond donors (Lipinski definition) is 2. The molecule has 7 nitrogen and oxygen atoms in total. The summed E-state index contributed by atoms with van der Waals surface area (Å²) in [5.41, 5.74) is 3.21. The van der Waals surface area contributed by atoms with Gasteiger partial charge in [-0.3, -0.25) is 4.99 Å². The van der Waals surface area contributed by atoms with Crippen molar-refractivity contribution >= 4 is 29.9 Å². The Balaban J connectivity index is 0.00000363. The molecule has 170 valence electrons. The van der Waals surface area contributed by atoms with Gasteiger partial charge in [0, 0.05) is 32.4 Å². The maximum absolute atomic E-state index is 5.81. The number of pyridine rings is 1. The third-order valence-electron chi connectivity index (χ3n) is 4.62. The zero-order valence-corrected chi connectivity index (χ0v) is 20.8. The Morgan fingerprint density at radius 3 is 2.19 bits per heavy atom. The quantitative estimate of drug-likeness (QED) is 0.238. The van der Waals surface area contributed by atoms with Gasteiger partial charge >= 0.3 is 0 Å². The first-order chi connectivity index (χ1) is 15.2. The normalized spacial score (nSPS) is 10.7. The zero-order chi connectivity index (χ0) is 21.9. The lowest BCUT2D eigenvalue weighted by atomic mass is 10.2. The third-order valence-corrected chi connectivity index (χ3v) is 4.62. The van der Waals surface area contributed by atoms with E-state index in [1.807, 2.05) is 60.7 Å². The van der Waals surface area contributed by atoms with Crippen molar-refractivity contribution in [2.45, 2.75) is 19.7 Å². The largest absolute Gasteiger partial charge is 0.493 e. The van der Waals surface area contributed by atoms with Gasteiger partial charge in [0.15, 0.2) is 17.5 Å². The van der Waals surface area contributed by atoms with Gasteiger partial charge in [-0.25, -0.2) is 4.98 Å². The number of ether oxygens (including phenoxy) is 3. The molecule has 0 unspecified atom stereocenters. The van der Waals surface area contributed by atoms with Crippen molar-refractivity contribution in [3.63, 3.8) is 0 Å². The van der Waals surface area contributed by atoms with Crippen LogP contribution in [0.4, 0.5) is 0 Å². The fourth-order valence-electron chi connectivity index (χ4n) is 2.95. The smallest absolute Gasteiger partial charge is 0.213 e. The van der Waals surface area contributed by atoms with Crippen LogP contribution in [0, 0.1) is 0 Å². The Labute approximate surface area is 206 Å². The fourth-order valence-corrected chi connectivity index (χ4v) is 2.95. The molecule has 1 aromatic heterocycles. The molecule has 0 amide bonds. The molecule has 0 spiro atoms. The number of rotatable bonds is 9. The van der Waals surface area contributed by atoms with Crippen LogP contribution in [0.2, 0.25) is 0 Å². The first-order valence-electron chi connectivity index (χ1n) is 9.99. The summed E-state index contributed by atoms with van der Waals surface area (Å²) in [6, 6.07) is 19.7. The van der Waals surface area contributed by atoms with Gasteiger partial charge in [0.2, 0.25) is 5.88 Å². The van der Waals surface area contributed by atoms with Gasteiger partial charge in [0.1, 0.15) is 6.61 Å². The number of aliphatic imine (C=N–C) groups is 1. The predicted molar refractivity (Wildman–Crippen MR) is 137 cm³/mol. The maximum Gasteiger partial charge on any atom is 0.213 e. The summed E-state index contributed by atoms with van der Waals surface area (Å²) >= 11 is 0. The topological polar surface area (TPSA) is 77.0 Å². The minimum Gasteiger partial charge on any atom is -0.493 e. The van der Waals surface area contributed by atoms with Crippen molar-refractivity contribution in [1.82, 2.24) is 15.6 Å². The standard InChI is InChI=1S/C24H28N4O3.HI/c1-25-24(27-15-19-9-10-21(29-2)22(13-19)30-3)28-16-20-11-12-26-23(14-20)31-17-18-7-5-4-6-8-18;/h4-14H,15-17H2,1-3H3,(H2,25,27,28);1H. The Hall–Kier alpha value is -3.01. The highest BCUT2D eigenvalue weighted by molar-refractivity contribution is 14.0. The molecule has 0 fully saturated rings. The summed E-state index contributed by atoms with van der Waals surface area (Å²) in [5.74, 6) is 2.69. The Morgan fingerprint density at radius 1 is 0.844 bits per heavy atom. The van der Waals surface area contributed by atoms with Crippen molar-refractivity contribution in [2.24, 2.45) is 4.99 Å². The number of hydrogen-bond acceptors (Lipinski definition) is 5. The van der Waals surface area contributed by atoms with E-state index in [1.54, 1.807) is 27.5 Å². The Kier molecular flexibility index (Phi) is 10.6. The Morgan fingerprint density at radius 2 is 1.53 bits per heavy atom. The fraction of sp³-hybridized carbons (Fsp3) is 0.250. The van der Waals surface area contributed by atoms with E-state index in [4.69, 9.17) is 14.2 Å². The van der Waals surface area contributed by atoms with Crippen LogP contribution in [0.15, 0.2) is 71.9 Å². The number of halogens is 1. The van der Waals surface area contributed by atoms with Crippen molar-refractivity contribution in [1.29, 1.82) is 0 Å². The van der Waals surface area contributed by atoms with E-state index in [-0.39, 0.29) is 24.0 Å². The average Bonchev–Trinajstić information content (AvgIpc) is 2.83. The van der Waals surface area contributed by atoms with Crippen LogP contribution in [-0.4, -0.2) is 32.2 Å². The highest BCUT2D eigenvalue weighted by Crippen LogP contribution is 2.27. The number of guanidine groups is 1. The van der Waals surface area contributed by atoms with Crippen LogP contribution in [0.5, 0.6) is 17.4 Å². The van der Waals surface area contributed by atoms with Gasteiger partial charge in [-0.1, -0.05) is 36.4 Å². The van der Waals surface area contributed by atoms with Crippen LogP contribution >= 0.6 is 24.0 Å². The van der Waals surface area contributed by atoms with Crippen LogP contribution in [0.3, 0.4) is 0 Å². The summed E-state index contributed by atoms with van der Waals surface area (Å²) in [5, 5.41) is 6.61. The lowest BCUT2D eigenvalue weighted by Crippen LogP contribution is -2.36. The second kappa shape index (κ2) is 13.4. The maximum atomic E-state index is 5.81. The van der Waals surface area contributed by atoms with Crippen molar-refractivity contribution in [3.8, 4) is 17.4 Å². The molecule has 0 aliphatic rings. The molecule has 32 heavy (non-hydrogen) atoms. The number of methoxy groups -OCH3 is 2. The highest BCUT2D eigenvalue weighted by Gasteiger charge is 2.06. The molecular formula is C24H29IN4O3. The van der Waals surface area contributed by atoms with Gasteiger partial charge < -0.3 is 24.8 Å². The van der Waals surface area contributed by atoms with Gasteiger partial charge in [-0.15, -0.1) is 24.0 Å². The molecule has 0 bridgehead atoms. The van der Waals surface area contributed by atoms with E-state index >= 15 is 0 Å². The molecule has 0 aliphatic heterocycles. The van der Waals surface area contributed by atoms with E-state index in [0.717, 1.165) is 16.7 Å². The first-order valence-corrected chi connectivity index (χ1v) is 9.99. The molecule has 3 rings (SSSR count). The molecule has 1 heterocycles. The molecule has 2 N–H and O–H groups in total. The van der Waals surface area contributed by atoms with Gasteiger partial charge in [0.05, 0.1) is 14.2 Å². The van der Waals surface area contributed by atoms with Crippen LogP contribution in [0.25, 0.3) is 0 Å². The second-order valence-corrected chi connectivity index (χ2v) is 6.75. The zero-order valence-electron chi connectivity index (χ0n) is 18.5. The van der Waals surface area contributed by atoms with Gasteiger partial charge in [-0.2, -0.15) is 0 Å². The average molecular weight is 548 g/mol. The van der Waals surface area contributed by atoms with Gasteiger partial charge in [0.25, 0.3) is 0 Å². The highest BCUT2D eigenvalue weighted by atomic mass is 127. The summed E-state index contributed by atoms with van der Waals surface area (Å²) in [6.07, 6.45) is 1.75. The first kappa shape index (κ1) is 25.3. The van der Waals surface area contributed by atoms with Crippen molar-refractivity contribution < 1.29 is 14.2 Å². The minimum atomic E-state index is 0. The van der Waals surface area contributed by atoms with Gasteiger partial charge in [-0.05, 0) is 34.9 Å². The third kappa shape index (κ3) is 7.60. The monoisotopic (exact) mass is 548 g/mol. The molecule has 2 aromatic carbocycles. The molecule has 0 aliphatic carbocycles. The second-order valence-electron chi connectivity index (χ2n) is 6.75. The molecular weight excluding hydrogens is 519 g/mol. The molecule has 3 aromatic rings. The predicted octanol–water partition coefficient (Wildman–Crippen LogP) is 4.16. The molecule has 8 heteroatoms. The van der Waals surface area contributed by atoms with E-state index < -0.39 is 0 Å². The number of aromatic nitrogens is 1.